The molecule has 2 fully saturated rings. The Morgan fingerprint density at radius 1 is 1.03 bits per heavy atom. The Hall–Kier alpha value is -3.00. The summed E-state index contributed by atoms with van der Waals surface area (Å²) in [4.78, 5) is 30.8. The first-order chi connectivity index (χ1) is 16.7. The minimum Gasteiger partial charge on any atom is -0.356 e. The van der Waals surface area contributed by atoms with E-state index >= 15 is 0 Å². The Morgan fingerprint density at radius 3 is 2.68 bits per heavy atom. The van der Waals surface area contributed by atoms with Crippen molar-refractivity contribution in [2.24, 2.45) is 0 Å². The highest BCUT2D eigenvalue weighted by Crippen LogP contribution is 2.35. The number of hydrogen-bond donors (Lipinski definition) is 1. The van der Waals surface area contributed by atoms with Gasteiger partial charge in [0.15, 0.2) is 0 Å². The minimum absolute atomic E-state index is 0.00487. The number of rotatable bonds is 6. The Morgan fingerprint density at radius 2 is 1.88 bits per heavy atom. The highest BCUT2D eigenvalue weighted by Gasteiger charge is 2.30. The molecule has 0 radical (unpaired) electrons. The molecule has 2 aromatic rings. The van der Waals surface area contributed by atoms with Gasteiger partial charge in [0.05, 0.1) is 12.1 Å². The predicted molar refractivity (Wildman–Crippen MR) is 133 cm³/mol. The van der Waals surface area contributed by atoms with Gasteiger partial charge in [0.25, 0.3) is 0 Å². The molecule has 2 aromatic heterocycles. The molecule has 3 aliphatic heterocycles. The van der Waals surface area contributed by atoms with E-state index in [1.165, 1.54) is 37.3 Å². The lowest BCUT2D eigenvalue weighted by Gasteiger charge is -2.33. The molecule has 0 saturated carbocycles. The van der Waals surface area contributed by atoms with Crippen LogP contribution in [0.3, 0.4) is 0 Å². The Bertz CT molecular complexity index is 1120. The number of carbonyl (C=O) groups excluding carboxylic acids is 1. The van der Waals surface area contributed by atoms with Crippen molar-refractivity contribution in [2.75, 3.05) is 42.9 Å². The number of anilines is 2. The van der Waals surface area contributed by atoms with Crippen molar-refractivity contribution in [3.05, 3.63) is 47.8 Å². The van der Waals surface area contributed by atoms with Gasteiger partial charge in [-0.1, -0.05) is 18.2 Å². The molecule has 178 valence electrons. The molecule has 1 amide bonds. The summed E-state index contributed by atoms with van der Waals surface area (Å²) in [5, 5.41) is 2.85. The molecule has 1 aliphatic carbocycles. The van der Waals surface area contributed by atoms with Crippen molar-refractivity contribution in [1.29, 1.82) is 0 Å². The standard InChI is InChI=1S/C26H33N7O/c34-23-16-21-24(30-23)27-18-28-26(21)32-12-8-20(9-13-32)25-29-22(19-6-2-1-3-7-19)17-33(25)15-14-31-10-4-5-11-31/h2,6-7,17-18,20H,1,3-5,8-16H2,(H,27,28,30,34). The second kappa shape index (κ2) is 9.33. The number of hydrogen-bond acceptors (Lipinski definition) is 6. The SMILES string of the molecule is O=C1Cc2c(ncnc2N2CCC(c3nc(C4=CCCC=C4)cn3CCN3CCCC3)CC2)N1. The van der Waals surface area contributed by atoms with E-state index in [1.54, 1.807) is 6.33 Å². The zero-order valence-corrected chi connectivity index (χ0v) is 19.7. The average Bonchev–Trinajstić information content (AvgIpc) is 3.62. The van der Waals surface area contributed by atoms with Gasteiger partial charge < -0.3 is 19.7 Å². The number of allylic oxidation sites excluding steroid dienone is 4. The van der Waals surface area contributed by atoms with Crippen LogP contribution in [0.4, 0.5) is 11.6 Å². The largest absolute Gasteiger partial charge is 0.356 e. The Balaban J connectivity index is 1.20. The normalized spacial score (nSPS) is 21.1. The fourth-order valence-electron chi connectivity index (χ4n) is 5.77. The third-order valence-electron chi connectivity index (χ3n) is 7.63. The van der Waals surface area contributed by atoms with Gasteiger partial charge in [0, 0.05) is 43.9 Å². The average molecular weight is 460 g/mol. The van der Waals surface area contributed by atoms with Crippen LogP contribution in [0.5, 0.6) is 0 Å². The van der Waals surface area contributed by atoms with E-state index in [4.69, 9.17) is 4.98 Å². The molecule has 4 aliphatic rings. The fourth-order valence-corrected chi connectivity index (χ4v) is 5.77. The zero-order valence-electron chi connectivity index (χ0n) is 19.7. The maximum absolute atomic E-state index is 11.9. The molecule has 6 rings (SSSR count). The summed E-state index contributed by atoms with van der Waals surface area (Å²) in [5.74, 6) is 3.26. The van der Waals surface area contributed by atoms with E-state index in [2.05, 4.69) is 54.1 Å². The van der Waals surface area contributed by atoms with Crippen molar-refractivity contribution in [3.8, 4) is 0 Å². The van der Waals surface area contributed by atoms with Gasteiger partial charge in [-0.25, -0.2) is 15.0 Å². The quantitative estimate of drug-likeness (QED) is 0.714. The topological polar surface area (TPSA) is 79.2 Å². The molecule has 8 nitrogen and oxygen atoms in total. The summed E-state index contributed by atoms with van der Waals surface area (Å²) in [7, 11) is 0. The maximum Gasteiger partial charge on any atom is 0.230 e. The van der Waals surface area contributed by atoms with Crippen LogP contribution in [0.25, 0.3) is 5.57 Å². The Kier molecular flexibility index (Phi) is 5.91. The van der Waals surface area contributed by atoms with Crippen LogP contribution >= 0.6 is 0 Å². The zero-order chi connectivity index (χ0) is 22.9. The summed E-state index contributed by atoms with van der Waals surface area (Å²) < 4.78 is 2.43. The lowest BCUT2D eigenvalue weighted by molar-refractivity contribution is -0.115. The fraction of sp³-hybridized carbons (Fsp3) is 0.538. The van der Waals surface area contributed by atoms with Crippen molar-refractivity contribution < 1.29 is 4.79 Å². The van der Waals surface area contributed by atoms with Crippen LogP contribution < -0.4 is 10.2 Å². The van der Waals surface area contributed by atoms with Crippen molar-refractivity contribution >= 4 is 23.1 Å². The molecule has 5 heterocycles. The first kappa shape index (κ1) is 21.5. The molecular weight excluding hydrogens is 426 g/mol. The summed E-state index contributed by atoms with van der Waals surface area (Å²) in [6, 6.07) is 0. The van der Waals surface area contributed by atoms with E-state index < -0.39 is 0 Å². The van der Waals surface area contributed by atoms with Gasteiger partial charge >= 0.3 is 0 Å². The van der Waals surface area contributed by atoms with Gasteiger partial charge in [0.2, 0.25) is 5.91 Å². The monoisotopic (exact) mass is 459 g/mol. The van der Waals surface area contributed by atoms with Crippen LogP contribution in [-0.4, -0.2) is 63.0 Å². The molecule has 0 unspecified atom stereocenters. The molecule has 8 heteroatoms. The first-order valence-electron chi connectivity index (χ1n) is 12.8. The molecular formula is C26H33N7O. The summed E-state index contributed by atoms with van der Waals surface area (Å²) in [5.41, 5.74) is 3.32. The molecule has 2 saturated heterocycles. The van der Waals surface area contributed by atoms with Crippen molar-refractivity contribution in [1.82, 2.24) is 24.4 Å². The van der Waals surface area contributed by atoms with E-state index in [1.807, 2.05) is 0 Å². The van der Waals surface area contributed by atoms with E-state index in [9.17, 15) is 4.79 Å². The summed E-state index contributed by atoms with van der Waals surface area (Å²) in [6.07, 6.45) is 18.0. The van der Waals surface area contributed by atoms with Crippen LogP contribution in [0, 0.1) is 0 Å². The molecule has 0 aromatic carbocycles. The van der Waals surface area contributed by atoms with Gasteiger partial charge in [-0.05, 0) is 57.2 Å². The number of aromatic nitrogens is 4. The Labute approximate surface area is 200 Å². The van der Waals surface area contributed by atoms with Crippen LogP contribution in [-0.2, 0) is 17.8 Å². The number of likely N-dealkylation sites (tertiary alicyclic amines) is 1. The highest BCUT2D eigenvalue weighted by molar-refractivity contribution is 5.99. The van der Waals surface area contributed by atoms with Crippen LogP contribution in [0.1, 0.15) is 61.5 Å². The number of nitrogens with one attached hydrogen (secondary N) is 1. The van der Waals surface area contributed by atoms with Crippen LogP contribution in [0.2, 0.25) is 0 Å². The van der Waals surface area contributed by atoms with E-state index in [0.29, 0.717) is 18.2 Å². The van der Waals surface area contributed by atoms with E-state index in [0.717, 1.165) is 68.9 Å². The number of imidazole rings is 1. The smallest absolute Gasteiger partial charge is 0.230 e. The van der Waals surface area contributed by atoms with Gasteiger partial charge in [-0.15, -0.1) is 0 Å². The first-order valence-corrected chi connectivity index (χ1v) is 12.8. The van der Waals surface area contributed by atoms with E-state index in [-0.39, 0.29) is 5.91 Å². The number of carbonyl (C=O) groups is 1. The van der Waals surface area contributed by atoms with Gasteiger partial charge in [-0.3, -0.25) is 4.79 Å². The third-order valence-corrected chi connectivity index (χ3v) is 7.63. The molecule has 0 bridgehead atoms. The van der Waals surface area contributed by atoms with Crippen molar-refractivity contribution in [3.63, 3.8) is 0 Å². The maximum atomic E-state index is 11.9. The number of nitrogens with zero attached hydrogens (tertiary/aromatic N) is 6. The number of fused-ring (bicyclic) bond motifs is 1. The lowest BCUT2D eigenvalue weighted by Crippen LogP contribution is -2.35. The number of piperidine rings is 1. The second-order valence-corrected chi connectivity index (χ2v) is 9.88. The highest BCUT2D eigenvalue weighted by atomic mass is 16.1. The van der Waals surface area contributed by atoms with Gasteiger partial charge in [-0.2, -0.15) is 0 Å². The van der Waals surface area contributed by atoms with Gasteiger partial charge in [0.1, 0.15) is 23.8 Å². The predicted octanol–water partition coefficient (Wildman–Crippen LogP) is 3.38. The molecule has 1 N–H and O–H groups in total. The second-order valence-electron chi connectivity index (χ2n) is 9.88. The minimum atomic E-state index is 0.00487. The molecule has 0 spiro atoms. The third kappa shape index (κ3) is 4.27. The molecule has 34 heavy (non-hydrogen) atoms. The number of amides is 1. The molecule has 0 atom stereocenters. The van der Waals surface area contributed by atoms with Crippen molar-refractivity contribution in [2.45, 2.75) is 57.4 Å². The summed E-state index contributed by atoms with van der Waals surface area (Å²) >= 11 is 0. The lowest BCUT2D eigenvalue weighted by atomic mass is 9.95. The summed E-state index contributed by atoms with van der Waals surface area (Å²) in [6.45, 7) is 6.39. The van der Waals surface area contributed by atoms with Crippen LogP contribution in [0.15, 0.2) is 30.8 Å².